The van der Waals surface area contributed by atoms with Gasteiger partial charge in [-0.05, 0) is 30.0 Å². The zero-order valence-electron chi connectivity index (χ0n) is 12.3. The van der Waals surface area contributed by atoms with Crippen molar-refractivity contribution in [1.82, 2.24) is 4.31 Å². The SMILES string of the molecule is CC(N(C)S(=O)(=O)Cc1ccc(N)cc1)C(C)(C)C. The van der Waals surface area contributed by atoms with Crippen molar-refractivity contribution in [3.8, 4) is 0 Å². The molecule has 0 saturated heterocycles. The first kappa shape index (κ1) is 16.0. The Morgan fingerprint density at radius 3 is 2.11 bits per heavy atom. The van der Waals surface area contributed by atoms with Gasteiger partial charge in [0.05, 0.1) is 5.75 Å². The lowest BCUT2D eigenvalue weighted by molar-refractivity contribution is 0.216. The van der Waals surface area contributed by atoms with E-state index in [4.69, 9.17) is 5.73 Å². The maximum Gasteiger partial charge on any atom is 0.218 e. The second-order valence-electron chi connectivity index (χ2n) is 6.06. The van der Waals surface area contributed by atoms with Crippen LogP contribution in [0.25, 0.3) is 0 Å². The number of benzene rings is 1. The standard InChI is InChI=1S/C14H24N2O2S/c1-11(14(2,3)4)16(5)19(17,18)10-12-6-8-13(15)9-7-12/h6-9,11H,10,15H2,1-5H3. The number of hydrogen-bond donors (Lipinski definition) is 1. The third-order valence-electron chi connectivity index (χ3n) is 3.57. The number of nitrogen functional groups attached to an aromatic ring is 1. The molecule has 0 aliphatic rings. The topological polar surface area (TPSA) is 63.4 Å². The van der Waals surface area contributed by atoms with Crippen molar-refractivity contribution in [2.75, 3.05) is 12.8 Å². The summed E-state index contributed by atoms with van der Waals surface area (Å²) in [5.74, 6) is 0.00417. The van der Waals surface area contributed by atoms with Gasteiger partial charge in [0.25, 0.3) is 0 Å². The van der Waals surface area contributed by atoms with Crippen molar-refractivity contribution in [2.45, 2.75) is 39.5 Å². The van der Waals surface area contributed by atoms with E-state index in [1.165, 1.54) is 4.31 Å². The highest BCUT2D eigenvalue weighted by molar-refractivity contribution is 7.88. The molecule has 0 amide bonds. The highest BCUT2D eigenvalue weighted by Crippen LogP contribution is 2.26. The Balaban J connectivity index is 2.90. The molecule has 0 spiro atoms. The maximum absolute atomic E-state index is 12.4. The largest absolute Gasteiger partial charge is 0.399 e. The van der Waals surface area contributed by atoms with E-state index in [9.17, 15) is 8.42 Å². The Bertz CT molecular complexity index is 515. The van der Waals surface area contributed by atoms with Crippen LogP contribution in [-0.2, 0) is 15.8 Å². The van der Waals surface area contributed by atoms with Crippen molar-refractivity contribution in [3.63, 3.8) is 0 Å². The summed E-state index contributed by atoms with van der Waals surface area (Å²) in [6.07, 6.45) is 0. The lowest BCUT2D eigenvalue weighted by atomic mass is 9.88. The average Bonchev–Trinajstić information content (AvgIpc) is 2.28. The molecule has 1 atom stereocenters. The first-order chi connectivity index (χ1) is 8.54. The normalized spacial score (nSPS) is 14.6. The van der Waals surface area contributed by atoms with E-state index in [0.717, 1.165) is 5.56 Å². The lowest BCUT2D eigenvalue weighted by Crippen LogP contribution is -2.43. The van der Waals surface area contributed by atoms with Crippen molar-refractivity contribution in [2.24, 2.45) is 5.41 Å². The summed E-state index contributed by atoms with van der Waals surface area (Å²) < 4.78 is 26.2. The highest BCUT2D eigenvalue weighted by Gasteiger charge is 2.31. The maximum atomic E-state index is 12.4. The van der Waals surface area contributed by atoms with Crippen molar-refractivity contribution >= 4 is 15.7 Å². The molecule has 108 valence electrons. The Morgan fingerprint density at radius 2 is 1.68 bits per heavy atom. The predicted molar refractivity (Wildman–Crippen MR) is 80.2 cm³/mol. The van der Waals surface area contributed by atoms with Crippen LogP contribution < -0.4 is 5.73 Å². The van der Waals surface area contributed by atoms with Gasteiger partial charge in [-0.15, -0.1) is 0 Å². The van der Waals surface area contributed by atoms with E-state index in [0.29, 0.717) is 5.69 Å². The molecule has 0 aliphatic carbocycles. The van der Waals surface area contributed by atoms with Gasteiger partial charge in [0.15, 0.2) is 0 Å². The second kappa shape index (κ2) is 5.51. The molecule has 0 fully saturated rings. The van der Waals surface area contributed by atoms with Crippen LogP contribution in [0.2, 0.25) is 0 Å². The minimum absolute atomic E-state index is 0.00417. The Kier molecular flexibility index (Phi) is 4.63. The van der Waals surface area contributed by atoms with E-state index in [1.807, 2.05) is 27.7 Å². The molecule has 19 heavy (non-hydrogen) atoms. The van der Waals surface area contributed by atoms with Gasteiger partial charge in [0.1, 0.15) is 0 Å². The second-order valence-corrected chi connectivity index (χ2v) is 8.08. The molecule has 1 aromatic rings. The summed E-state index contributed by atoms with van der Waals surface area (Å²) in [5.41, 5.74) is 6.89. The van der Waals surface area contributed by atoms with Gasteiger partial charge in [0.2, 0.25) is 10.0 Å². The smallest absolute Gasteiger partial charge is 0.218 e. The molecule has 0 radical (unpaired) electrons. The quantitative estimate of drug-likeness (QED) is 0.864. The number of hydrogen-bond acceptors (Lipinski definition) is 3. The van der Waals surface area contributed by atoms with Crippen LogP contribution >= 0.6 is 0 Å². The molecular formula is C14H24N2O2S. The first-order valence-electron chi connectivity index (χ1n) is 6.34. The first-order valence-corrected chi connectivity index (χ1v) is 7.95. The molecule has 0 aliphatic heterocycles. The fourth-order valence-electron chi connectivity index (χ4n) is 1.71. The van der Waals surface area contributed by atoms with Crippen molar-refractivity contribution in [1.29, 1.82) is 0 Å². The molecule has 5 heteroatoms. The third kappa shape index (κ3) is 4.21. The van der Waals surface area contributed by atoms with Crippen LogP contribution in [-0.4, -0.2) is 25.8 Å². The summed E-state index contributed by atoms with van der Waals surface area (Å²) >= 11 is 0. The van der Waals surface area contributed by atoms with Crippen LogP contribution in [0.5, 0.6) is 0 Å². The zero-order chi connectivity index (χ0) is 14.8. The predicted octanol–water partition coefficient (Wildman–Crippen LogP) is 2.47. The Morgan fingerprint density at radius 1 is 1.21 bits per heavy atom. The fraction of sp³-hybridized carbons (Fsp3) is 0.571. The van der Waals surface area contributed by atoms with E-state index in [2.05, 4.69) is 0 Å². The minimum atomic E-state index is -3.32. The summed E-state index contributed by atoms with van der Waals surface area (Å²) in [4.78, 5) is 0. The Hall–Kier alpha value is -1.07. The molecule has 4 nitrogen and oxygen atoms in total. The van der Waals surface area contributed by atoms with Gasteiger partial charge in [-0.1, -0.05) is 32.9 Å². The molecule has 0 saturated carbocycles. The van der Waals surface area contributed by atoms with E-state index < -0.39 is 10.0 Å². The summed E-state index contributed by atoms with van der Waals surface area (Å²) in [6, 6.07) is 6.88. The highest BCUT2D eigenvalue weighted by atomic mass is 32.2. The summed E-state index contributed by atoms with van der Waals surface area (Å²) in [7, 11) is -1.67. The molecule has 0 heterocycles. The average molecular weight is 284 g/mol. The third-order valence-corrected chi connectivity index (χ3v) is 5.46. The number of rotatable bonds is 4. The summed E-state index contributed by atoms with van der Waals surface area (Å²) in [6.45, 7) is 8.03. The van der Waals surface area contributed by atoms with E-state index in [1.54, 1.807) is 31.3 Å². The minimum Gasteiger partial charge on any atom is -0.399 e. The van der Waals surface area contributed by atoms with Crippen molar-refractivity contribution in [3.05, 3.63) is 29.8 Å². The van der Waals surface area contributed by atoms with Crippen molar-refractivity contribution < 1.29 is 8.42 Å². The van der Waals surface area contributed by atoms with Gasteiger partial charge in [-0.2, -0.15) is 0 Å². The number of nitrogens with two attached hydrogens (primary N) is 1. The van der Waals surface area contributed by atoms with Gasteiger partial charge in [-0.3, -0.25) is 0 Å². The molecule has 0 aromatic heterocycles. The van der Waals surface area contributed by atoms with Crippen LogP contribution in [0.4, 0.5) is 5.69 Å². The Labute approximate surface area is 116 Å². The zero-order valence-corrected chi connectivity index (χ0v) is 13.2. The molecule has 1 aromatic carbocycles. The summed E-state index contributed by atoms with van der Waals surface area (Å²) in [5, 5.41) is 0. The van der Waals surface area contributed by atoms with E-state index in [-0.39, 0.29) is 17.2 Å². The van der Waals surface area contributed by atoms with Crippen LogP contribution in [0.1, 0.15) is 33.3 Å². The molecule has 2 N–H and O–H groups in total. The molecular weight excluding hydrogens is 260 g/mol. The number of anilines is 1. The number of nitrogens with zero attached hydrogens (tertiary/aromatic N) is 1. The van der Waals surface area contributed by atoms with Crippen LogP contribution in [0, 0.1) is 5.41 Å². The van der Waals surface area contributed by atoms with Gasteiger partial charge < -0.3 is 5.73 Å². The monoisotopic (exact) mass is 284 g/mol. The van der Waals surface area contributed by atoms with Crippen LogP contribution in [0.15, 0.2) is 24.3 Å². The van der Waals surface area contributed by atoms with Gasteiger partial charge in [0, 0.05) is 18.8 Å². The molecule has 0 bridgehead atoms. The molecule has 1 unspecified atom stereocenters. The molecule has 1 rings (SSSR count). The number of sulfonamides is 1. The fourth-order valence-corrected chi connectivity index (χ4v) is 3.33. The van der Waals surface area contributed by atoms with Gasteiger partial charge >= 0.3 is 0 Å². The van der Waals surface area contributed by atoms with Gasteiger partial charge in [-0.25, -0.2) is 12.7 Å². The van der Waals surface area contributed by atoms with Crippen LogP contribution in [0.3, 0.4) is 0 Å². The lowest BCUT2D eigenvalue weighted by Gasteiger charge is -2.34. The van der Waals surface area contributed by atoms with E-state index >= 15 is 0 Å².